The second-order valence-corrected chi connectivity index (χ2v) is 9.67. The number of nitrogens with zero attached hydrogens (tertiary/aromatic N) is 4. The van der Waals surface area contributed by atoms with Crippen molar-refractivity contribution in [2.75, 3.05) is 37.6 Å². The average Bonchev–Trinajstić information content (AvgIpc) is 3.15. The van der Waals surface area contributed by atoms with E-state index in [1.807, 2.05) is 18.2 Å². The van der Waals surface area contributed by atoms with Crippen LogP contribution in [-0.2, 0) is 4.79 Å². The summed E-state index contributed by atoms with van der Waals surface area (Å²) in [5.74, 6) is -0.396. The van der Waals surface area contributed by atoms with Gasteiger partial charge in [-0.15, -0.1) is 0 Å². The van der Waals surface area contributed by atoms with Gasteiger partial charge in [0.15, 0.2) is 0 Å². The predicted octanol–water partition coefficient (Wildman–Crippen LogP) is 4.46. The summed E-state index contributed by atoms with van der Waals surface area (Å²) in [5.41, 5.74) is 6.70. The number of hydrogen-bond donors (Lipinski definition) is 1. The lowest BCUT2D eigenvalue weighted by Gasteiger charge is -2.36. The molecule has 174 valence electrons. The Kier molecular flexibility index (Phi) is 6.34. The van der Waals surface area contributed by atoms with Crippen molar-refractivity contribution in [1.82, 2.24) is 20.2 Å². The molecular formula is C26H27N5O2S. The molecule has 2 aromatic carbocycles. The number of carbonyl (C=O) groups excluding carboxylic acids is 2. The molecule has 3 heterocycles. The molecule has 3 aromatic rings. The van der Waals surface area contributed by atoms with Crippen LogP contribution < -0.4 is 10.2 Å². The smallest absolute Gasteiger partial charge is 0.290 e. The highest BCUT2D eigenvalue weighted by molar-refractivity contribution is 8.18. The second-order valence-electron chi connectivity index (χ2n) is 8.65. The van der Waals surface area contributed by atoms with E-state index in [4.69, 9.17) is 4.98 Å². The third-order valence-corrected chi connectivity index (χ3v) is 7.08. The molecule has 2 fully saturated rings. The Morgan fingerprint density at radius 1 is 1.12 bits per heavy atom. The zero-order chi connectivity index (χ0) is 23.7. The monoisotopic (exact) mass is 473 g/mol. The third-order valence-electron chi connectivity index (χ3n) is 6.27. The lowest BCUT2D eigenvalue weighted by atomic mass is 10.00. The number of benzene rings is 2. The summed E-state index contributed by atoms with van der Waals surface area (Å²) in [6.45, 7) is 9.88. The normalized spacial score (nSPS) is 18.2. The van der Waals surface area contributed by atoms with Gasteiger partial charge >= 0.3 is 0 Å². The number of nitrogens with one attached hydrogen (secondary N) is 1. The molecule has 1 N–H and O–H groups in total. The number of fused-ring (bicyclic) bond motifs is 1. The SMILES string of the molecule is CCCN1CCN(c2ccc(-c3cccc4ncc(C=C5SC(=O)NC5=O)nc34)cc2C)CC1. The first-order chi connectivity index (χ1) is 16.5. The van der Waals surface area contributed by atoms with Crippen molar-refractivity contribution in [3.05, 3.63) is 58.8 Å². The van der Waals surface area contributed by atoms with Gasteiger partial charge < -0.3 is 4.90 Å². The molecule has 0 atom stereocenters. The molecular weight excluding hydrogens is 446 g/mol. The van der Waals surface area contributed by atoms with Gasteiger partial charge in [-0.1, -0.05) is 25.1 Å². The standard InChI is InChI=1S/C26H27N5O2S/c1-3-9-30-10-12-31(13-11-30)22-8-7-18(14-17(22)2)20-5-4-6-21-24(20)28-19(16-27-21)15-23-25(32)29-26(33)34-23/h4-8,14-16H,3,9-13H2,1-2H3,(H,29,32,33). The summed E-state index contributed by atoms with van der Waals surface area (Å²) in [6, 6.07) is 12.5. The summed E-state index contributed by atoms with van der Waals surface area (Å²) in [7, 11) is 0. The molecule has 7 nitrogen and oxygen atoms in total. The zero-order valence-electron chi connectivity index (χ0n) is 19.4. The number of thioether (sulfide) groups is 1. The lowest BCUT2D eigenvalue weighted by Crippen LogP contribution is -2.46. The van der Waals surface area contributed by atoms with E-state index < -0.39 is 5.91 Å². The molecule has 5 rings (SSSR count). The number of carbonyl (C=O) groups is 2. The van der Waals surface area contributed by atoms with Crippen molar-refractivity contribution in [2.24, 2.45) is 0 Å². The van der Waals surface area contributed by atoms with Gasteiger partial charge in [0, 0.05) is 37.4 Å². The number of amides is 2. The van der Waals surface area contributed by atoms with E-state index in [-0.39, 0.29) is 5.24 Å². The van der Waals surface area contributed by atoms with Crippen LogP contribution >= 0.6 is 11.8 Å². The molecule has 0 saturated carbocycles. The Morgan fingerprint density at radius 3 is 2.65 bits per heavy atom. The van der Waals surface area contributed by atoms with Crippen LogP contribution in [0.5, 0.6) is 0 Å². The van der Waals surface area contributed by atoms with Gasteiger partial charge in [-0.3, -0.25) is 24.8 Å². The zero-order valence-corrected chi connectivity index (χ0v) is 20.2. The third kappa shape index (κ3) is 4.56. The molecule has 0 unspecified atom stereocenters. The quantitative estimate of drug-likeness (QED) is 0.548. The first-order valence-corrected chi connectivity index (χ1v) is 12.4. The van der Waals surface area contributed by atoms with E-state index in [0.29, 0.717) is 10.6 Å². The van der Waals surface area contributed by atoms with Crippen molar-refractivity contribution in [3.8, 4) is 11.1 Å². The fraction of sp³-hybridized carbons (Fsp3) is 0.308. The summed E-state index contributed by atoms with van der Waals surface area (Å²) in [4.78, 5) is 38.1. The number of rotatable bonds is 5. The van der Waals surface area contributed by atoms with E-state index in [9.17, 15) is 9.59 Å². The second kappa shape index (κ2) is 9.56. The number of aryl methyl sites for hydroxylation is 1. The molecule has 34 heavy (non-hydrogen) atoms. The predicted molar refractivity (Wildman–Crippen MR) is 138 cm³/mol. The fourth-order valence-electron chi connectivity index (χ4n) is 4.61. The van der Waals surface area contributed by atoms with Gasteiger partial charge in [0.2, 0.25) is 0 Å². The molecule has 8 heteroatoms. The van der Waals surface area contributed by atoms with E-state index >= 15 is 0 Å². The molecule has 2 amide bonds. The fourth-order valence-corrected chi connectivity index (χ4v) is 5.28. The number of imide groups is 1. The Hall–Kier alpha value is -3.23. The average molecular weight is 474 g/mol. The molecule has 2 saturated heterocycles. The minimum Gasteiger partial charge on any atom is -0.369 e. The number of para-hydroxylation sites is 1. The molecule has 0 bridgehead atoms. The summed E-state index contributed by atoms with van der Waals surface area (Å²) in [6.07, 6.45) is 4.44. The minimum absolute atomic E-state index is 0.329. The lowest BCUT2D eigenvalue weighted by molar-refractivity contribution is -0.115. The Bertz CT molecular complexity index is 1300. The molecule has 0 aliphatic carbocycles. The molecule has 1 aromatic heterocycles. The van der Waals surface area contributed by atoms with Gasteiger partial charge in [-0.05, 0) is 67.1 Å². The van der Waals surface area contributed by atoms with Gasteiger partial charge in [-0.2, -0.15) is 0 Å². The van der Waals surface area contributed by atoms with Crippen LogP contribution in [0.4, 0.5) is 10.5 Å². The molecule has 2 aliphatic heterocycles. The maximum absolute atomic E-state index is 11.9. The largest absolute Gasteiger partial charge is 0.369 e. The van der Waals surface area contributed by atoms with E-state index in [1.54, 1.807) is 12.3 Å². The van der Waals surface area contributed by atoms with E-state index in [2.05, 4.69) is 52.1 Å². The highest BCUT2D eigenvalue weighted by atomic mass is 32.2. The number of hydrogen-bond acceptors (Lipinski definition) is 7. The van der Waals surface area contributed by atoms with Crippen molar-refractivity contribution in [2.45, 2.75) is 20.3 Å². The van der Waals surface area contributed by atoms with Gasteiger partial charge in [-0.25, -0.2) is 4.98 Å². The van der Waals surface area contributed by atoms with Crippen LogP contribution in [0, 0.1) is 6.92 Å². The highest BCUT2D eigenvalue weighted by Crippen LogP contribution is 2.32. The molecule has 0 spiro atoms. The van der Waals surface area contributed by atoms with Crippen LogP contribution in [0.2, 0.25) is 0 Å². The van der Waals surface area contributed by atoms with Crippen molar-refractivity contribution < 1.29 is 9.59 Å². The van der Waals surface area contributed by atoms with Crippen LogP contribution in [0.1, 0.15) is 24.6 Å². The molecule has 2 aliphatic rings. The van der Waals surface area contributed by atoms with Crippen molar-refractivity contribution in [3.63, 3.8) is 0 Å². The Morgan fingerprint density at radius 2 is 1.94 bits per heavy atom. The first kappa shape index (κ1) is 22.6. The van der Waals surface area contributed by atoms with Gasteiger partial charge in [0.25, 0.3) is 11.1 Å². The van der Waals surface area contributed by atoms with Crippen molar-refractivity contribution in [1.29, 1.82) is 0 Å². The summed E-state index contributed by atoms with van der Waals surface area (Å²) in [5, 5.41) is 1.90. The molecule has 0 radical (unpaired) electrons. The summed E-state index contributed by atoms with van der Waals surface area (Å²) < 4.78 is 0. The number of piperazine rings is 1. The summed E-state index contributed by atoms with van der Waals surface area (Å²) >= 11 is 0.880. The van der Waals surface area contributed by atoms with Crippen LogP contribution in [0.25, 0.3) is 28.2 Å². The van der Waals surface area contributed by atoms with Crippen molar-refractivity contribution >= 4 is 45.7 Å². The Balaban J connectivity index is 1.45. The van der Waals surface area contributed by atoms with Crippen LogP contribution in [-0.4, -0.2) is 58.7 Å². The maximum atomic E-state index is 11.9. The van der Waals surface area contributed by atoms with Crippen LogP contribution in [0.15, 0.2) is 47.5 Å². The Labute approximate surface area is 203 Å². The van der Waals surface area contributed by atoms with Gasteiger partial charge in [0.1, 0.15) is 0 Å². The topological polar surface area (TPSA) is 78.4 Å². The van der Waals surface area contributed by atoms with E-state index in [0.717, 1.165) is 60.1 Å². The van der Waals surface area contributed by atoms with E-state index in [1.165, 1.54) is 24.2 Å². The highest BCUT2D eigenvalue weighted by Gasteiger charge is 2.25. The maximum Gasteiger partial charge on any atom is 0.290 e. The number of anilines is 1. The minimum atomic E-state index is -0.396. The first-order valence-electron chi connectivity index (χ1n) is 11.6. The van der Waals surface area contributed by atoms with Crippen LogP contribution in [0.3, 0.4) is 0 Å². The van der Waals surface area contributed by atoms with Gasteiger partial charge in [0.05, 0.1) is 27.8 Å². The number of aromatic nitrogens is 2.